The quantitative estimate of drug-likeness (QED) is 0.140. The monoisotopic (exact) mass is 600 g/mol. The van der Waals surface area contributed by atoms with Crippen molar-refractivity contribution in [3.63, 3.8) is 0 Å². The van der Waals surface area contributed by atoms with Crippen molar-refractivity contribution in [1.82, 2.24) is 29.9 Å². The SMILES string of the molecule is CCCc1[nH]c2ncnc(Cl)c2c1CC.CCCc1[nH]c2ncnc(Nc3cc4c(cc3OC(C)C)CN=C4)c2c1CC. The van der Waals surface area contributed by atoms with Crippen molar-refractivity contribution in [2.45, 2.75) is 92.7 Å². The lowest BCUT2D eigenvalue weighted by Gasteiger charge is -2.17. The maximum Gasteiger partial charge on any atom is 0.143 e. The summed E-state index contributed by atoms with van der Waals surface area (Å²) in [5.74, 6) is 1.64. The highest BCUT2D eigenvalue weighted by Crippen LogP contribution is 2.36. The second-order valence-corrected chi connectivity index (χ2v) is 11.4. The van der Waals surface area contributed by atoms with E-state index < -0.39 is 0 Å². The molecule has 0 amide bonds. The number of nitrogens with zero attached hydrogens (tertiary/aromatic N) is 5. The minimum atomic E-state index is 0.0842. The zero-order chi connectivity index (χ0) is 30.5. The van der Waals surface area contributed by atoms with Gasteiger partial charge in [0.05, 0.1) is 29.1 Å². The van der Waals surface area contributed by atoms with Crippen LogP contribution in [0.25, 0.3) is 22.1 Å². The first-order valence-electron chi connectivity index (χ1n) is 15.3. The van der Waals surface area contributed by atoms with Gasteiger partial charge in [0.2, 0.25) is 0 Å². The third-order valence-electron chi connectivity index (χ3n) is 7.58. The summed E-state index contributed by atoms with van der Waals surface area (Å²) in [5.41, 5.74) is 10.0. The maximum atomic E-state index is 6.09. The zero-order valence-electron chi connectivity index (χ0n) is 25.9. The van der Waals surface area contributed by atoms with Gasteiger partial charge in [-0.05, 0) is 73.9 Å². The van der Waals surface area contributed by atoms with Gasteiger partial charge in [0.1, 0.15) is 40.7 Å². The molecule has 0 saturated heterocycles. The van der Waals surface area contributed by atoms with Crippen molar-refractivity contribution >= 4 is 51.4 Å². The van der Waals surface area contributed by atoms with E-state index in [-0.39, 0.29) is 6.10 Å². The molecule has 1 aromatic carbocycles. The Morgan fingerprint density at radius 2 is 1.49 bits per heavy atom. The van der Waals surface area contributed by atoms with Gasteiger partial charge in [-0.25, -0.2) is 19.9 Å². The number of nitrogens with one attached hydrogen (secondary N) is 3. The average Bonchev–Trinajstić information content (AvgIpc) is 3.69. The standard InChI is InChI=1S/C22H27N5O.C11H14ClN3/c1-5-7-17-16(6-2)20-21(26-17)24-12-25-22(20)27-18-8-14-10-23-11-15(14)9-19(18)28-13(3)4;1-3-5-8-7(4-2)9-10(12)13-6-14-11(9)15-8/h8-10,12-13H,5-7,11H2,1-4H3,(H2,24,25,26,27);6H,3-5H2,1-2H3,(H,13,14,15). The van der Waals surface area contributed by atoms with Crippen LogP contribution in [0.4, 0.5) is 11.5 Å². The Morgan fingerprint density at radius 3 is 2.12 bits per heavy atom. The highest BCUT2D eigenvalue weighted by atomic mass is 35.5. The molecule has 3 N–H and O–H groups in total. The first-order chi connectivity index (χ1) is 20.9. The summed E-state index contributed by atoms with van der Waals surface area (Å²) < 4.78 is 6.09. The van der Waals surface area contributed by atoms with E-state index in [1.54, 1.807) is 6.33 Å². The van der Waals surface area contributed by atoms with Crippen LogP contribution < -0.4 is 10.1 Å². The predicted octanol–water partition coefficient (Wildman–Crippen LogP) is 8.06. The second-order valence-electron chi connectivity index (χ2n) is 11.0. The highest BCUT2D eigenvalue weighted by Gasteiger charge is 2.19. The molecular weight excluding hydrogens is 560 g/mol. The first kappa shape index (κ1) is 30.5. The van der Waals surface area contributed by atoms with Gasteiger partial charge in [0.25, 0.3) is 0 Å². The summed E-state index contributed by atoms with van der Waals surface area (Å²) in [4.78, 5) is 28.4. The van der Waals surface area contributed by atoms with Crippen molar-refractivity contribution in [1.29, 1.82) is 0 Å². The normalized spacial score (nSPS) is 12.2. The van der Waals surface area contributed by atoms with Gasteiger partial charge in [-0.3, -0.25) is 4.99 Å². The molecule has 0 bridgehead atoms. The lowest BCUT2D eigenvalue weighted by molar-refractivity contribution is 0.243. The van der Waals surface area contributed by atoms with Crippen LogP contribution in [0.3, 0.4) is 0 Å². The van der Waals surface area contributed by atoms with E-state index in [1.807, 2.05) is 20.1 Å². The van der Waals surface area contributed by atoms with Gasteiger partial charge in [-0.2, -0.15) is 0 Å². The van der Waals surface area contributed by atoms with Crippen LogP contribution in [-0.2, 0) is 32.2 Å². The van der Waals surface area contributed by atoms with E-state index in [9.17, 15) is 0 Å². The fourth-order valence-corrected chi connectivity index (χ4v) is 5.99. The average molecular weight is 601 g/mol. The Hall–Kier alpha value is -3.98. The lowest BCUT2D eigenvalue weighted by Crippen LogP contribution is -2.09. The van der Waals surface area contributed by atoms with Crippen molar-refractivity contribution in [2.24, 2.45) is 4.99 Å². The van der Waals surface area contributed by atoms with Crippen molar-refractivity contribution in [3.05, 3.63) is 63.6 Å². The molecule has 0 radical (unpaired) electrons. The summed E-state index contributed by atoms with van der Waals surface area (Å²) in [5, 5.41) is 6.13. The van der Waals surface area contributed by atoms with Gasteiger partial charge in [-0.15, -0.1) is 0 Å². The van der Waals surface area contributed by atoms with Crippen LogP contribution in [0, 0.1) is 0 Å². The Balaban J connectivity index is 0.000000207. The van der Waals surface area contributed by atoms with E-state index in [2.05, 4.69) is 80.0 Å². The van der Waals surface area contributed by atoms with E-state index in [4.69, 9.17) is 16.3 Å². The van der Waals surface area contributed by atoms with E-state index >= 15 is 0 Å². The number of H-pyrrole nitrogens is 2. The van der Waals surface area contributed by atoms with Gasteiger partial charge < -0.3 is 20.0 Å². The number of ether oxygens (including phenoxy) is 1. The molecule has 5 aromatic rings. The molecule has 0 fully saturated rings. The molecule has 1 aliphatic heterocycles. The molecule has 9 nitrogen and oxygen atoms in total. The Labute approximate surface area is 258 Å². The van der Waals surface area contributed by atoms with Crippen molar-refractivity contribution in [3.8, 4) is 5.75 Å². The molecule has 1 aliphatic rings. The maximum absolute atomic E-state index is 6.09. The summed E-state index contributed by atoms with van der Waals surface area (Å²) in [7, 11) is 0. The topological polar surface area (TPSA) is 117 Å². The van der Waals surface area contributed by atoms with Crippen molar-refractivity contribution in [2.75, 3.05) is 5.32 Å². The Kier molecular flexibility index (Phi) is 9.60. The molecule has 0 aliphatic carbocycles. The van der Waals surface area contributed by atoms with Crippen molar-refractivity contribution < 1.29 is 4.74 Å². The largest absolute Gasteiger partial charge is 0.489 e. The molecule has 5 heterocycles. The van der Waals surface area contributed by atoms with Crippen LogP contribution in [0.1, 0.15) is 88.0 Å². The predicted molar refractivity (Wildman–Crippen MR) is 176 cm³/mol. The van der Waals surface area contributed by atoms with Crippen LogP contribution in [0.15, 0.2) is 29.8 Å². The molecule has 0 spiro atoms. The second kappa shape index (κ2) is 13.5. The lowest BCUT2D eigenvalue weighted by atomic mass is 10.1. The van der Waals surface area contributed by atoms with Gasteiger partial charge in [0, 0.05) is 17.6 Å². The van der Waals surface area contributed by atoms with Gasteiger partial charge in [0.15, 0.2) is 0 Å². The molecular formula is C33H41ClN8O. The number of hydrogen-bond donors (Lipinski definition) is 3. The Morgan fingerprint density at radius 1 is 0.860 bits per heavy atom. The molecule has 226 valence electrons. The number of fused-ring (bicyclic) bond motifs is 3. The summed E-state index contributed by atoms with van der Waals surface area (Å²) in [6.07, 6.45) is 11.3. The Bertz CT molecular complexity index is 1750. The number of rotatable bonds is 10. The van der Waals surface area contributed by atoms with Gasteiger partial charge >= 0.3 is 0 Å². The smallest absolute Gasteiger partial charge is 0.143 e. The summed E-state index contributed by atoms with van der Waals surface area (Å²) in [6.45, 7) is 13.4. The number of aliphatic imine (C=N–C) groups is 1. The molecule has 6 rings (SSSR count). The minimum Gasteiger partial charge on any atom is -0.489 e. The van der Waals surface area contributed by atoms with Gasteiger partial charge in [-0.1, -0.05) is 52.1 Å². The van der Waals surface area contributed by atoms with Crippen LogP contribution in [0.2, 0.25) is 5.15 Å². The molecule has 0 saturated carbocycles. The number of halogens is 1. The first-order valence-corrected chi connectivity index (χ1v) is 15.7. The third kappa shape index (κ3) is 6.37. The molecule has 10 heteroatoms. The number of hydrogen-bond acceptors (Lipinski definition) is 7. The van der Waals surface area contributed by atoms with E-state index in [0.29, 0.717) is 11.7 Å². The van der Waals surface area contributed by atoms with E-state index in [0.717, 1.165) is 83.4 Å². The minimum absolute atomic E-state index is 0.0842. The molecule has 0 unspecified atom stereocenters. The number of aromatic amines is 2. The molecule has 43 heavy (non-hydrogen) atoms. The fourth-order valence-electron chi connectivity index (χ4n) is 5.75. The number of aromatic nitrogens is 6. The number of aryl methyl sites for hydroxylation is 4. The van der Waals surface area contributed by atoms with Crippen LogP contribution >= 0.6 is 11.6 Å². The number of anilines is 2. The molecule has 4 aromatic heterocycles. The van der Waals surface area contributed by atoms with E-state index in [1.165, 1.54) is 34.4 Å². The molecule has 0 atom stereocenters. The summed E-state index contributed by atoms with van der Waals surface area (Å²) in [6, 6.07) is 4.19. The van der Waals surface area contributed by atoms with Crippen LogP contribution in [0.5, 0.6) is 5.75 Å². The summed E-state index contributed by atoms with van der Waals surface area (Å²) >= 11 is 6.08. The highest BCUT2D eigenvalue weighted by molar-refractivity contribution is 6.34. The third-order valence-corrected chi connectivity index (χ3v) is 7.86. The van der Waals surface area contributed by atoms with Crippen LogP contribution in [-0.4, -0.2) is 42.2 Å². The number of benzene rings is 1. The zero-order valence-corrected chi connectivity index (χ0v) is 26.7. The fraction of sp³-hybridized carbons (Fsp3) is 0.424.